The number of pyridine rings is 1. The maximum Gasteiger partial charge on any atom is 0.343 e. The number of anilines is 1. The van der Waals surface area contributed by atoms with Gasteiger partial charge in [0.25, 0.3) is 0 Å². The van der Waals surface area contributed by atoms with Gasteiger partial charge in [0.2, 0.25) is 0 Å². The van der Waals surface area contributed by atoms with Crippen LogP contribution in [0.3, 0.4) is 0 Å². The van der Waals surface area contributed by atoms with Gasteiger partial charge in [0.15, 0.2) is 0 Å². The Labute approximate surface area is 206 Å². The summed E-state index contributed by atoms with van der Waals surface area (Å²) in [7, 11) is 1.57. The Hall–Kier alpha value is -3.80. The molecule has 2 aromatic carbocycles. The summed E-state index contributed by atoms with van der Waals surface area (Å²) in [6.07, 6.45) is 3.00. The van der Waals surface area contributed by atoms with E-state index in [2.05, 4.69) is 44.3 Å². The third-order valence-electron chi connectivity index (χ3n) is 5.60. The Bertz CT molecular complexity index is 1330. The van der Waals surface area contributed by atoms with Crippen molar-refractivity contribution in [3.8, 4) is 22.8 Å². The molecule has 0 aliphatic heterocycles. The van der Waals surface area contributed by atoms with Gasteiger partial charge in [0, 0.05) is 17.3 Å². The van der Waals surface area contributed by atoms with Crippen molar-refractivity contribution in [2.24, 2.45) is 5.41 Å². The fourth-order valence-electron chi connectivity index (χ4n) is 4.60. The van der Waals surface area contributed by atoms with Gasteiger partial charge < -0.3 is 14.8 Å². The molecule has 182 valence electrons. The highest BCUT2D eigenvalue weighted by molar-refractivity contribution is 5.91. The van der Waals surface area contributed by atoms with Gasteiger partial charge in [0.1, 0.15) is 28.7 Å². The zero-order valence-electron chi connectivity index (χ0n) is 21.3. The largest absolute Gasteiger partial charge is 0.497 e. The Morgan fingerprint density at radius 2 is 1.69 bits per heavy atom. The normalized spacial score (nSPS) is 11.9. The van der Waals surface area contributed by atoms with Gasteiger partial charge in [-0.05, 0) is 80.3 Å². The van der Waals surface area contributed by atoms with E-state index in [1.807, 2.05) is 36.5 Å². The van der Waals surface area contributed by atoms with Crippen LogP contribution in [0.1, 0.15) is 51.4 Å². The predicted octanol–water partition coefficient (Wildman–Crippen LogP) is 6.86. The number of nitrogens with zero attached hydrogens (tertiary/aromatic N) is 2. The molecule has 0 aliphatic rings. The molecule has 4 aromatic rings. The van der Waals surface area contributed by atoms with Crippen LogP contribution in [0.2, 0.25) is 0 Å². The number of aromatic nitrogens is 2. The van der Waals surface area contributed by atoms with Crippen LogP contribution >= 0.6 is 0 Å². The molecule has 0 saturated carbocycles. The summed E-state index contributed by atoms with van der Waals surface area (Å²) >= 11 is 0. The number of hydrogen-bond acceptors (Lipinski definition) is 5. The molecule has 0 radical (unpaired) electrons. The molecule has 0 amide bonds. The lowest BCUT2D eigenvalue weighted by atomic mass is 9.82. The van der Waals surface area contributed by atoms with Gasteiger partial charge in [-0.2, -0.15) is 0 Å². The van der Waals surface area contributed by atoms with E-state index in [1.54, 1.807) is 43.5 Å². The minimum Gasteiger partial charge on any atom is -0.497 e. The van der Waals surface area contributed by atoms with Crippen molar-refractivity contribution >= 4 is 17.4 Å². The van der Waals surface area contributed by atoms with Crippen LogP contribution < -0.4 is 14.8 Å². The lowest BCUT2D eigenvalue weighted by Gasteiger charge is -2.34. The van der Waals surface area contributed by atoms with E-state index in [4.69, 9.17) is 14.5 Å². The first kappa shape index (κ1) is 24.3. The number of imidazole rings is 1. The molecule has 0 aliphatic carbocycles. The summed E-state index contributed by atoms with van der Waals surface area (Å²) in [6.45, 7) is 11.2. The highest BCUT2D eigenvalue weighted by Crippen LogP contribution is 2.35. The first-order valence-electron chi connectivity index (χ1n) is 11.8. The molecule has 0 bridgehead atoms. The number of rotatable bonds is 7. The smallest absolute Gasteiger partial charge is 0.343 e. The van der Waals surface area contributed by atoms with Crippen molar-refractivity contribution in [1.29, 1.82) is 0 Å². The van der Waals surface area contributed by atoms with E-state index in [1.165, 1.54) is 0 Å². The van der Waals surface area contributed by atoms with Crippen molar-refractivity contribution < 1.29 is 14.3 Å². The van der Waals surface area contributed by atoms with E-state index in [0.29, 0.717) is 17.1 Å². The maximum absolute atomic E-state index is 12.6. The lowest BCUT2D eigenvalue weighted by molar-refractivity contribution is 0.0734. The molecule has 2 heterocycles. The zero-order chi connectivity index (χ0) is 25.2. The first-order chi connectivity index (χ1) is 16.5. The maximum atomic E-state index is 12.6. The standard InChI is InChI=1S/C29H33N3O3/c1-28(2,3)19-29(4,5)31-26-25(30-24-12-7-8-17-32(24)26)20-13-15-22(16-14-20)35-27(33)21-10-9-11-23(18-21)34-6/h7-18,31H,19H2,1-6H3. The number of ether oxygens (including phenoxy) is 2. The van der Waals surface area contributed by atoms with E-state index in [-0.39, 0.29) is 11.0 Å². The summed E-state index contributed by atoms with van der Waals surface area (Å²) in [5, 5.41) is 3.75. The van der Waals surface area contributed by atoms with Crippen LogP contribution in [-0.4, -0.2) is 28.0 Å². The summed E-state index contributed by atoms with van der Waals surface area (Å²) < 4.78 is 12.9. The summed E-state index contributed by atoms with van der Waals surface area (Å²) in [6, 6.07) is 20.3. The molecule has 4 rings (SSSR count). The van der Waals surface area contributed by atoms with Crippen LogP contribution in [0, 0.1) is 5.41 Å². The molecule has 6 heteroatoms. The van der Waals surface area contributed by atoms with Crippen molar-refractivity contribution in [3.63, 3.8) is 0 Å². The third kappa shape index (κ3) is 5.83. The van der Waals surface area contributed by atoms with Crippen LogP contribution in [-0.2, 0) is 0 Å². The summed E-state index contributed by atoms with van der Waals surface area (Å²) in [5.74, 6) is 1.58. The van der Waals surface area contributed by atoms with Gasteiger partial charge in [-0.1, -0.05) is 32.9 Å². The monoisotopic (exact) mass is 471 g/mol. The van der Waals surface area contributed by atoms with Crippen molar-refractivity contribution in [3.05, 3.63) is 78.5 Å². The summed E-state index contributed by atoms with van der Waals surface area (Å²) in [5.41, 5.74) is 3.11. The van der Waals surface area contributed by atoms with Crippen LogP contribution in [0.4, 0.5) is 5.82 Å². The fourth-order valence-corrected chi connectivity index (χ4v) is 4.60. The van der Waals surface area contributed by atoms with Gasteiger partial charge in [-0.25, -0.2) is 9.78 Å². The van der Waals surface area contributed by atoms with E-state index in [0.717, 1.165) is 29.1 Å². The molecular weight excluding hydrogens is 438 g/mol. The van der Waals surface area contributed by atoms with Crippen molar-refractivity contribution in [2.75, 3.05) is 12.4 Å². The number of nitrogens with one attached hydrogen (secondary N) is 1. The molecule has 0 unspecified atom stereocenters. The van der Waals surface area contributed by atoms with E-state index < -0.39 is 5.97 Å². The number of methoxy groups -OCH3 is 1. The Morgan fingerprint density at radius 3 is 2.37 bits per heavy atom. The molecular formula is C29H33N3O3. The van der Waals surface area contributed by atoms with Crippen molar-refractivity contribution in [2.45, 2.75) is 46.6 Å². The van der Waals surface area contributed by atoms with Crippen LogP contribution in [0.5, 0.6) is 11.5 Å². The van der Waals surface area contributed by atoms with Gasteiger partial charge in [-0.3, -0.25) is 4.40 Å². The number of esters is 1. The number of carbonyl (C=O) groups excluding carboxylic acids is 1. The third-order valence-corrected chi connectivity index (χ3v) is 5.60. The Balaban J connectivity index is 1.62. The molecule has 0 atom stereocenters. The number of hydrogen-bond donors (Lipinski definition) is 1. The summed E-state index contributed by atoms with van der Waals surface area (Å²) in [4.78, 5) is 17.5. The second-order valence-corrected chi connectivity index (χ2v) is 10.6. The molecule has 0 spiro atoms. The molecule has 0 fully saturated rings. The molecule has 2 aromatic heterocycles. The average Bonchev–Trinajstić information content (AvgIpc) is 3.15. The lowest BCUT2D eigenvalue weighted by Crippen LogP contribution is -2.36. The van der Waals surface area contributed by atoms with Crippen molar-refractivity contribution in [1.82, 2.24) is 9.38 Å². The van der Waals surface area contributed by atoms with E-state index >= 15 is 0 Å². The Morgan fingerprint density at radius 1 is 0.943 bits per heavy atom. The Kier molecular flexibility index (Phi) is 6.57. The quantitative estimate of drug-likeness (QED) is 0.236. The number of benzene rings is 2. The SMILES string of the molecule is COc1cccc(C(=O)Oc2ccc(-c3nc4ccccn4c3NC(C)(C)CC(C)(C)C)cc2)c1. The topological polar surface area (TPSA) is 64.9 Å². The zero-order valence-corrected chi connectivity index (χ0v) is 21.3. The average molecular weight is 472 g/mol. The molecule has 0 saturated heterocycles. The second kappa shape index (κ2) is 9.45. The van der Waals surface area contributed by atoms with Gasteiger partial charge in [0.05, 0.1) is 12.7 Å². The highest BCUT2D eigenvalue weighted by Gasteiger charge is 2.28. The first-order valence-corrected chi connectivity index (χ1v) is 11.8. The number of carbonyl (C=O) groups is 1. The molecule has 35 heavy (non-hydrogen) atoms. The minimum atomic E-state index is -0.435. The predicted molar refractivity (Wildman–Crippen MR) is 140 cm³/mol. The fraction of sp³-hybridized carbons (Fsp3) is 0.310. The minimum absolute atomic E-state index is 0.148. The van der Waals surface area contributed by atoms with Gasteiger partial charge in [-0.15, -0.1) is 0 Å². The highest BCUT2D eigenvalue weighted by atomic mass is 16.5. The van der Waals surface area contributed by atoms with Gasteiger partial charge >= 0.3 is 5.97 Å². The van der Waals surface area contributed by atoms with E-state index in [9.17, 15) is 4.79 Å². The van der Waals surface area contributed by atoms with Crippen LogP contribution in [0.25, 0.3) is 16.9 Å². The molecule has 1 N–H and O–H groups in total. The number of fused-ring (bicyclic) bond motifs is 1. The van der Waals surface area contributed by atoms with Crippen LogP contribution in [0.15, 0.2) is 72.9 Å². The second-order valence-electron chi connectivity index (χ2n) is 10.6. The molecule has 6 nitrogen and oxygen atoms in total.